The Morgan fingerprint density at radius 2 is 1.88 bits per heavy atom. The van der Waals surface area contributed by atoms with Gasteiger partial charge in [0, 0.05) is 13.0 Å². The second-order valence-corrected chi connectivity index (χ2v) is 6.37. The number of carboxylic acid groups (broad SMARTS) is 1. The van der Waals surface area contributed by atoms with Crippen LogP contribution in [0.5, 0.6) is 0 Å². The van der Waals surface area contributed by atoms with Crippen LogP contribution in [-0.2, 0) is 6.54 Å². The summed E-state index contributed by atoms with van der Waals surface area (Å²) in [5.74, 6) is -0.858. The van der Waals surface area contributed by atoms with Crippen molar-refractivity contribution in [3.63, 3.8) is 0 Å². The van der Waals surface area contributed by atoms with Crippen LogP contribution >= 0.6 is 23.2 Å². The number of nitrogens with zero attached hydrogens (tertiary/aromatic N) is 2. The maximum absolute atomic E-state index is 12.3. The van der Waals surface area contributed by atoms with E-state index in [9.17, 15) is 9.59 Å². The zero-order valence-corrected chi connectivity index (χ0v) is 14.8. The molecule has 7 heteroatoms. The average molecular weight is 377 g/mol. The van der Waals surface area contributed by atoms with E-state index in [0.29, 0.717) is 39.9 Å². The van der Waals surface area contributed by atoms with Crippen LogP contribution in [-0.4, -0.2) is 26.4 Å². The van der Waals surface area contributed by atoms with Crippen molar-refractivity contribution in [2.24, 2.45) is 0 Å². The van der Waals surface area contributed by atoms with Gasteiger partial charge in [0.1, 0.15) is 0 Å². The molecular weight excluding hydrogens is 363 g/mol. The Hall–Kier alpha value is -2.37. The standard InChI is InChI=1S/C18H14Cl2N2O3/c1-2-16(23)17-21-14-8-11(18(24)25)4-6-15(14)22(17)9-10-3-5-12(19)13(20)7-10/h3-8H,2,9H2,1H3,(H,24,25). The van der Waals surface area contributed by atoms with Crippen LogP contribution in [0.15, 0.2) is 36.4 Å². The molecule has 1 heterocycles. The highest BCUT2D eigenvalue weighted by atomic mass is 35.5. The van der Waals surface area contributed by atoms with E-state index in [1.807, 2.05) is 6.07 Å². The van der Waals surface area contributed by atoms with E-state index in [1.165, 1.54) is 12.1 Å². The molecule has 0 saturated heterocycles. The van der Waals surface area contributed by atoms with Gasteiger partial charge in [-0.25, -0.2) is 9.78 Å². The van der Waals surface area contributed by atoms with E-state index in [-0.39, 0.29) is 11.3 Å². The lowest BCUT2D eigenvalue weighted by Crippen LogP contribution is -2.10. The summed E-state index contributed by atoms with van der Waals surface area (Å²) in [5, 5.41) is 10.0. The molecule has 3 aromatic rings. The van der Waals surface area contributed by atoms with Gasteiger partial charge >= 0.3 is 5.97 Å². The van der Waals surface area contributed by atoms with Gasteiger partial charge in [-0.3, -0.25) is 4.79 Å². The van der Waals surface area contributed by atoms with Crippen molar-refractivity contribution in [1.82, 2.24) is 9.55 Å². The SMILES string of the molecule is CCC(=O)c1nc2cc(C(=O)O)ccc2n1Cc1ccc(Cl)c(Cl)c1. The van der Waals surface area contributed by atoms with Crippen molar-refractivity contribution >= 4 is 46.0 Å². The zero-order valence-electron chi connectivity index (χ0n) is 13.3. The minimum Gasteiger partial charge on any atom is -0.478 e. The summed E-state index contributed by atoms with van der Waals surface area (Å²) in [6.07, 6.45) is 0.302. The third-order valence-corrected chi connectivity index (χ3v) is 4.63. The van der Waals surface area contributed by atoms with Gasteiger partial charge in [0.15, 0.2) is 11.6 Å². The number of hydrogen-bond acceptors (Lipinski definition) is 3. The molecule has 0 amide bonds. The Labute approximate surface area is 153 Å². The maximum Gasteiger partial charge on any atom is 0.335 e. The third-order valence-electron chi connectivity index (χ3n) is 3.89. The van der Waals surface area contributed by atoms with E-state index in [4.69, 9.17) is 28.3 Å². The topological polar surface area (TPSA) is 72.2 Å². The van der Waals surface area contributed by atoms with Crippen molar-refractivity contribution in [2.75, 3.05) is 0 Å². The molecule has 0 saturated carbocycles. The van der Waals surface area contributed by atoms with Crippen LogP contribution in [0.25, 0.3) is 11.0 Å². The molecule has 0 radical (unpaired) electrons. The van der Waals surface area contributed by atoms with Crippen molar-refractivity contribution < 1.29 is 14.7 Å². The molecule has 0 unspecified atom stereocenters. The molecule has 0 aliphatic heterocycles. The molecule has 25 heavy (non-hydrogen) atoms. The van der Waals surface area contributed by atoms with Gasteiger partial charge in [0.2, 0.25) is 0 Å². The molecule has 0 atom stereocenters. The predicted octanol–water partition coefficient (Wildman–Crippen LogP) is 4.68. The molecule has 0 bridgehead atoms. The Morgan fingerprint density at radius 1 is 1.12 bits per heavy atom. The largest absolute Gasteiger partial charge is 0.478 e. The first-order valence-corrected chi connectivity index (χ1v) is 8.37. The number of aromatic carboxylic acids is 1. The van der Waals surface area contributed by atoms with Crippen molar-refractivity contribution in [1.29, 1.82) is 0 Å². The van der Waals surface area contributed by atoms with E-state index in [1.54, 1.807) is 29.7 Å². The van der Waals surface area contributed by atoms with Crippen molar-refractivity contribution in [3.8, 4) is 0 Å². The number of halogens is 2. The Bertz CT molecular complexity index is 995. The first-order valence-electron chi connectivity index (χ1n) is 7.61. The van der Waals surface area contributed by atoms with Crippen LogP contribution in [0.4, 0.5) is 0 Å². The number of ketones is 1. The molecule has 128 valence electrons. The highest BCUT2D eigenvalue weighted by Crippen LogP contribution is 2.25. The minimum absolute atomic E-state index is 0.117. The predicted molar refractivity (Wildman–Crippen MR) is 96.9 cm³/mol. The van der Waals surface area contributed by atoms with Gasteiger partial charge in [-0.1, -0.05) is 36.2 Å². The first-order chi connectivity index (χ1) is 11.9. The van der Waals surface area contributed by atoms with E-state index >= 15 is 0 Å². The lowest BCUT2D eigenvalue weighted by Gasteiger charge is -2.09. The number of carboxylic acids is 1. The fourth-order valence-electron chi connectivity index (χ4n) is 2.61. The molecule has 5 nitrogen and oxygen atoms in total. The van der Waals surface area contributed by atoms with Gasteiger partial charge in [-0.05, 0) is 35.9 Å². The summed E-state index contributed by atoms with van der Waals surface area (Å²) < 4.78 is 1.77. The summed E-state index contributed by atoms with van der Waals surface area (Å²) >= 11 is 12.0. The van der Waals surface area contributed by atoms with E-state index in [0.717, 1.165) is 5.56 Å². The number of hydrogen-bond donors (Lipinski definition) is 1. The van der Waals surface area contributed by atoms with Crippen LogP contribution in [0, 0.1) is 0 Å². The van der Waals surface area contributed by atoms with Gasteiger partial charge in [-0.15, -0.1) is 0 Å². The molecular formula is C18H14Cl2N2O3. The second-order valence-electron chi connectivity index (χ2n) is 5.56. The lowest BCUT2D eigenvalue weighted by molar-refractivity contribution is 0.0696. The number of carbonyl (C=O) groups is 2. The van der Waals surface area contributed by atoms with E-state index < -0.39 is 5.97 Å². The Morgan fingerprint density at radius 3 is 2.52 bits per heavy atom. The van der Waals surface area contributed by atoms with Crippen LogP contribution in [0.3, 0.4) is 0 Å². The summed E-state index contributed by atoms with van der Waals surface area (Å²) in [6.45, 7) is 2.13. The second kappa shape index (κ2) is 6.86. The Kier molecular flexibility index (Phi) is 4.79. The number of benzene rings is 2. The van der Waals surface area contributed by atoms with Crippen molar-refractivity contribution in [3.05, 3.63) is 63.4 Å². The van der Waals surface area contributed by atoms with Gasteiger partial charge < -0.3 is 9.67 Å². The number of fused-ring (bicyclic) bond motifs is 1. The zero-order chi connectivity index (χ0) is 18.1. The van der Waals surface area contributed by atoms with Crippen LogP contribution in [0.2, 0.25) is 10.0 Å². The molecule has 0 fully saturated rings. The number of rotatable bonds is 5. The fraction of sp³-hybridized carbons (Fsp3) is 0.167. The molecule has 3 rings (SSSR count). The van der Waals surface area contributed by atoms with Crippen LogP contribution < -0.4 is 0 Å². The molecule has 1 aromatic heterocycles. The quantitative estimate of drug-likeness (QED) is 0.656. The number of carbonyl (C=O) groups excluding carboxylic acids is 1. The smallest absolute Gasteiger partial charge is 0.335 e. The van der Waals surface area contributed by atoms with Gasteiger partial charge in [0.25, 0.3) is 0 Å². The lowest BCUT2D eigenvalue weighted by atomic mass is 10.2. The minimum atomic E-state index is -1.04. The van der Waals surface area contributed by atoms with Gasteiger partial charge in [0.05, 0.1) is 26.6 Å². The molecule has 0 spiro atoms. The number of Topliss-reactive ketones (excluding diaryl/α,β-unsaturated/α-hetero) is 1. The summed E-state index contributed by atoms with van der Waals surface area (Å²) in [4.78, 5) is 27.8. The third kappa shape index (κ3) is 3.38. The molecule has 1 N–H and O–H groups in total. The maximum atomic E-state index is 12.3. The Balaban J connectivity index is 2.14. The summed E-state index contributed by atoms with van der Waals surface area (Å²) in [5.41, 5.74) is 2.15. The highest BCUT2D eigenvalue weighted by molar-refractivity contribution is 6.42. The molecule has 0 aliphatic rings. The summed E-state index contributed by atoms with van der Waals surface area (Å²) in [7, 11) is 0. The monoisotopic (exact) mass is 376 g/mol. The number of aromatic nitrogens is 2. The van der Waals surface area contributed by atoms with Crippen LogP contribution in [0.1, 0.15) is 39.9 Å². The van der Waals surface area contributed by atoms with E-state index in [2.05, 4.69) is 4.98 Å². The first kappa shape index (κ1) is 17.5. The average Bonchev–Trinajstić information content (AvgIpc) is 2.95. The molecule has 2 aromatic carbocycles. The normalized spacial score (nSPS) is 11.0. The number of imidazole rings is 1. The fourth-order valence-corrected chi connectivity index (χ4v) is 2.94. The molecule has 0 aliphatic carbocycles. The van der Waals surface area contributed by atoms with Gasteiger partial charge in [-0.2, -0.15) is 0 Å². The summed E-state index contributed by atoms with van der Waals surface area (Å²) in [6, 6.07) is 9.89. The van der Waals surface area contributed by atoms with Crippen molar-refractivity contribution in [2.45, 2.75) is 19.9 Å². The highest BCUT2D eigenvalue weighted by Gasteiger charge is 2.18.